The van der Waals surface area contributed by atoms with Gasteiger partial charge in [0.1, 0.15) is 24.8 Å². The summed E-state index contributed by atoms with van der Waals surface area (Å²) in [5, 5.41) is 41.4. The molecular weight excluding hydrogens is 364 g/mol. The third-order valence-electron chi connectivity index (χ3n) is 4.44. The van der Waals surface area contributed by atoms with Crippen LogP contribution >= 0.6 is 0 Å². The van der Waals surface area contributed by atoms with Crippen LogP contribution in [0.4, 0.5) is 10.3 Å². The second-order valence-electron chi connectivity index (χ2n) is 6.28. The van der Waals surface area contributed by atoms with Crippen LogP contribution in [0.5, 0.6) is 0 Å². The Balaban J connectivity index is 1.61. The number of hydrogen-bond donors (Lipinski definition) is 3. The molecule has 1 amide bonds. The number of aliphatic hydroxyl groups is 2. The number of carbonyl (C=O) groups is 1. The van der Waals surface area contributed by atoms with Crippen molar-refractivity contribution in [3.05, 3.63) is 34.4 Å². The molecule has 0 aliphatic heterocycles. The number of carbonyl (C=O) groups excluding carboxylic acids is 1. The van der Waals surface area contributed by atoms with Crippen molar-refractivity contribution in [2.45, 2.75) is 50.4 Å². The molecule has 1 saturated carbocycles. The Hall–Kier alpha value is -2.93. The molecule has 0 saturated heterocycles. The summed E-state index contributed by atoms with van der Waals surface area (Å²) in [5.74, 6) is -1.03. The van der Waals surface area contributed by atoms with Crippen molar-refractivity contribution >= 4 is 11.9 Å². The van der Waals surface area contributed by atoms with E-state index in [4.69, 9.17) is 0 Å². The van der Waals surface area contributed by atoms with E-state index < -0.39 is 47.7 Å². The summed E-state index contributed by atoms with van der Waals surface area (Å²) in [5.41, 5.74) is 0.119. The summed E-state index contributed by atoms with van der Waals surface area (Å²) in [4.78, 5) is 25.8. The standard InChI is InChI=1S/C14H18FN7O5/c15-5-8-6-21(19-18-8)10-4-11(23)9(3-12(10)24)17-13(25)7-20-2-1-16-14(20)22(26)27/h1-2,6,9-12,23-24H,3-5,7H2,(H,17,25)/i15-1. The van der Waals surface area contributed by atoms with Crippen molar-refractivity contribution in [1.29, 1.82) is 0 Å². The summed E-state index contributed by atoms with van der Waals surface area (Å²) >= 11 is 0. The normalized spacial score (nSPS) is 25.3. The molecule has 1 aliphatic rings. The summed E-state index contributed by atoms with van der Waals surface area (Å²) in [6.45, 7) is -1.13. The van der Waals surface area contributed by atoms with E-state index >= 15 is 0 Å². The van der Waals surface area contributed by atoms with E-state index in [1.165, 1.54) is 23.3 Å². The molecule has 0 aromatic carbocycles. The Morgan fingerprint density at radius 3 is 2.85 bits per heavy atom. The summed E-state index contributed by atoms with van der Waals surface area (Å²) in [6.07, 6.45) is 2.04. The molecular formula is C14H18FN7O5. The molecule has 4 unspecified atom stereocenters. The molecule has 1 aliphatic carbocycles. The largest absolute Gasteiger partial charge is 0.435 e. The average Bonchev–Trinajstić information content (AvgIpc) is 3.26. The van der Waals surface area contributed by atoms with Crippen molar-refractivity contribution in [3.63, 3.8) is 0 Å². The zero-order chi connectivity index (χ0) is 19.6. The van der Waals surface area contributed by atoms with E-state index in [2.05, 4.69) is 20.6 Å². The van der Waals surface area contributed by atoms with E-state index in [9.17, 15) is 29.5 Å². The number of nitrogens with one attached hydrogen (secondary N) is 1. The maximum absolute atomic E-state index is 12.6. The van der Waals surface area contributed by atoms with E-state index in [-0.39, 0.29) is 25.1 Å². The van der Waals surface area contributed by atoms with Gasteiger partial charge < -0.3 is 25.6 Å². The minimum absolute atomic E-state index is 0.0361. The molecule has 12 nitrogen and oxygen atoms in total. The highest BCUT2D eigenvalue weighted by atomic mass is 18.2. The maximum atomic E-state index is 12.6. The highest BCUT2D eigenvalue weighted by Crippen LogP contribution is 2.29. The fraction of sp³-hybridized carbons (Fsp3) is 0.571. The highest BCUT2D eigenvalue weighted by Gasteiger charge is 2.38. The third-order valence-corrected chi connectivity index (χ3v) is 4.44. The lowest BCUT2D eigenvalue weighted by Crippen LogP contribution is -2.52. The lowest BCUT2D eigenvalue weighted by atomic mass is 9.86. The zero-order valence-electron chi connectivity index (χ0n) is 14.1. The molecule has 0 spiro atoms. The fourth-order valence-electron chi connectivity index (χ4n) is 3.12. The smallest absolute Gasteiger partial charge is 0.391 e. The molecule has 4 atom stereocenters. The molecule has 2 aromatic rings. The molecule has 1 fully saturated rings. The maximum Gasteiger partial charge on any atom is 0.435 e. The number of alkyl halides is 1. The number of nitrogens with zero attached hydrogens (tertiary/aromatic N) is 6. The first-order chi connectivity index (χ1) is 12.9. The van der Waals surface area contributed by atoms with Gasteiger partial charge in [-0.3, -0.25) is 4.79 Å². The minimum Gasteiger partial charge on any atom is -0.391 e. The summed E-state index contributed by atoms with van der Waals surface area (Å²) < 4.78 is 15.0. The van der Waals surface area contributed by atoms with E-state index in [1.807, 2.05) is 0 Å². The first kappa shape index (κ1) is 18.8. The molecule has 13 heteroatoms. The first-order valence-corrected chi connectivity index (χ1v) is 8.16. The number of rotatable bonds is 6. The molecule has 3 N–H and O–H groups in total. The van der Waals surface area contributed by atoms with Crippen molar-refractivity contribution < 1.29 is 24.3 Å². The predicted octanol–water partition coefficient (Wildman–Crippen LogP) is -0.906. The average molecular weight is 382 g/mol. The van der Waals surface area contributed by atoms with E-state index in [0.717, 1.165) is 4.57 Å². The zero-order valence-corrected chi connectivity index (χ0v) is 14.1. The number of aliphatic hydroxyl groups excluding tert-OH is 2. The Morgan fingerprint density at radius 1 is 1.41 bits per heavy atom. The van der Waals surface area contributed by atoms with Gasteiger partial charge in [-0.1, -0.05) is 10.2 Å². The van der Waals surface area contributed by atoms with Gasteiger partial charge in [0.15, 0.2) is 6.54 Å². The van der Waals surface area contributed by atoms with Gasteiger partial charge in [-0.05, 0) is 11.3 Å². The first-order valence-electron chi connectivity index (χ1n) is 8.16. The van der Waals surface area contributed by atoms with Crippen LogP contribution in [0.2, 0.25) is 0 Å². The van der Waals surface area contributed by atoms with Crippen LogP contribution in [0.15, 0.2) is 18.6 Å². The van der Waals surface area contributed by atoms with Crippen LogP contribution in [0, 0.1) is 10.1 Å². The Bertz CT molecular complexity index is 824. The van der Waals surface area contributed by atoms with Crippen LogP contribution in [-0.4, -0.2) is 63.8 Å². The number of hydrogen-bond acceptors (Lipinski definition) is 8. The van der Waals surface area contributed by atoms with Gasteiger partial charge in [0.05, 0.1) is 30.5 Å². The molecule has 2 aromatic heterocycles. The van der Waals surface area contributed by atoms with Crippen LogP contribution in [-0.2, 0) is 18.0 Å². The van der Waals surface area contributed by atoms with Gasteiger partial charge in [-0.25, -0.2) is 13.6 Å². The van der Waals surface area contributed by atoms with Gasteiger partial charge in [-0.2, -0.15) is 0 Å². The Labute approximate surface area is 151 Å². The Kier molecular flexibility index (Phi) is 5.41. The van der Waals surface area contributed by atoms with Gasteiger partial charge in [0, 0.05) is 6.42 Å². The lowest BCUT2D eigenvalue weighted by Gasteiger charge is -2.36. The summed E-state index contributed by atoms with van der Waals surface area (Å²) in [6, 6.07) is -1.34. The van der Waals surface area contributed by atoms with E-state index in [0.29, 0.717) is 0 Å². The van der Waals surface area contributed by atoms with Gasteiger partial charge in [0.25, 0.3) is 5.91 Å². The van der Waals surface area contributed by atoms with Crippen molar-refractivity contribution in [3.8, 4) is 0 Å². The second-order valence-corrected chi connectivity index (χ2v) is 6.28. The molecule has 3 rings (SSSR count). The fourth-order valence-corrected chi connectivity index (χ4v) is 3.12. The number of amides is 1. The molecule has 146 valence electrons. The van der Waals surface area contributed by atoms with Crippen molar-refractivity contribution in [1.82, 2.24) is 29.9 Å². The van der Waals surface area contributed by atoms with E-state index in [1.54, 1.807) is 0 Å². The van der Waals surface area contributed by atoms with Gasteiger partial charge in [0.2, 0.25) is 0 Å². The SMILES string of the molecule is O=C(Cn1ccnc1[N+](=O)[O-])NC1CC(O)C(n2cc(C[18F])nn2)CC1O. The van der Waals surface area contributed by atoms with Crippen molar-refractivity contribution in [2.75, 3.05) is 0 Å². The van der Waals surface area contributed by atoms with Gasteiger partial charge in [-0.15, -0.1) is 5.10 Å². The number of halogens is 1. The lowest BCUT2D eigenvalue weighted by molar-refractivity contribution is -0.396. The summed E-state index contributed by atoms with van der Waals surface area (Å²) in [7, 11) is 0. The second kappa shape index (κ2) is 7.75. The van der Waals surface area contributed by atoms with Crippen LogP contribution in [0.1, 0.15) is 24.6 Å². The number of imidazole rings is 1. The quantitative estimate of drug-likeness (QED) is 0.427. The number of aromatic nitrogens is 5. The monoisotopic (exact) mass is 382 g/mol. The molecule has 2 heterocycles. The highest BCUT2D eigenvalue weighted by molar-refractivity contribution is 5.76. The van der Waals surface area contributed by atoms with Crippen LogP contribution in [0.25, 0.3) is 0 Å². The van der Waals surface area contributed by atoms with Crippen LogP contribution < -0.4 is 5.32 Å². The topological polar surface area (TPSA) is 161 Å². The Morgan fingerprint density at radius 2 is 2.19 bits per heavy atom. The molecule has 0 bridgehead atoms. The molecule has 27 heavy (non-hydrogen) atoms. The molecule has 0 radical (unpaired) electrons. The number of nitro groups is 1. The van der Waals surface area contributed by atoms with Crippen molar-refractivity contribution in [2.24, 2.45) is 0 Å². The predicted molar refractivity (Wildman–Crippen MR) is 85.9 cm³/mol. The van der Waals surface area contributed by atoms with Gasteiger partial charge >= 0.3 is 5.95 Å². The minimum atomic E-state index is -0.988. The third kappa shape index (κ3) is 4.09. The van der Waals surface area contributed by atoms with Crippen LogP contribution in [0.3, 0.4) is 0 Å².